The Morgan fingerprint density at radius 2 is 2.11 bits per heavy atom. The van der Waals surface area contributed by atoms with Crippen molar-refractivity contribution < 1.29 is 14.6 Å². The van der Waals surface area contributed by atoms with E-state index in [0.717, 1.165) is 26.0 Å². The fourth-order valence-electron chi connectivity index (χ4n) is 4.11. The molecule has 5 nitrogen and oxygen atoms in total. The molecule has 0 aromatic rings. The molecule has 3 rings (SSSR count). The maximum absolute atomic E-state index is 11.3. The lowest BCUT2D eigenvalue weighted by Gasteiger charge is -2.46. The van der Waals surface area contributed by atoms with Gasteiger partial charge in [-0.15, -0.1) is 0 Å². The topological polar surface area (TPSA) is 75.8 Å². The summed E-state index contributed by atoms with van der Waals surface area (Å²) in [5.41, 5.74) is 5.00. The molecule has 0 spiro atoms. The summed E-state index contributed by atoms with van der Waals surface area (Å²) in [6, 6.07) is 0.819. The van der Waals surface area contributed by atoms with Gasteiger partial charge in [0.1, 0.15) is 5.54 Å². The summed E-state index contributed by atoms with van der Waals surface area (Å²) < 4.78 is 5.88. The van der Waals surface area contributed by atoms with E-state index in [2.05, 4.69) is 4.90 Å². The monoisotopic (exact) mass is 268 g/mol. The number of carboxylic acids is 1. The van der Waals surface area contributed by atoms with Crippen molar-refractivity contribution in [2.24, 2.45) is 5.73 Å². The molecule has 19 heavy (non-hydrogen) atoms. The molecule has 3 N–H and O–H groups in total. The van der Waals surface area contributed by atoms with Gasteiger partial charge in [0, 0.05) is 18.6 Å². The van der Waals surface area contributed by atoms with Crippen molar-refractivity contribution in [3.05, 3.63) is 0 Å². The highest BCUT2D eigenvalue weighted by molar-refractivity contribution is 5.79. The number of aliphatic carboxylic acids is 1. The van der Waals surface area contributed by atoms with Crippen molar-refractivity contribution in [2.75, 3.05) is 13.2 Å². The van der Waals surface area contributed by atoms with Crippen molar-refractivity contribution in [3.8, 4) is 0 Å². The van der Waals surface area contributed by atoms with Gasteiger partial charge in [-0.25, -0.2) is 0 Å². The third-order valence-corrected chi connectivity index (χ3v) is 5.19. The van der Waals surface area contributed by atoms with Crippen LogP contribution in [-0.4, -0.2) is 52.9 Å². The van der Waals surface area contributed by atoms with Crippen molar-refractivity contribution in [1.82, 2.24) is 4.90 Å². The molecule has 4 unspecified atom stereocenters. The van der Waals surface area contributed by atoms with E-state index < -0.39 is 11.5 Å². The number of fused-ring (bicyclic) bond motifs is 1. The van der Waals surface area contributed by atoms with Crippen LogP contribution >= 0.6 is 0 Å². The molecule has 1 saturated heterocycles. The van der Waals surface area contributed by atoms with E-state index in [1.54, 1.807) is 0 Å². The van der Waals surface area contributed by atoms with Gasteiger partial charge in [-0.05, 0) is 32.1 Å². The molecule has 0 amide bonds. The van der Waals surface area contributed by atoms with E-state index in [9.17, 15) is 9.90 Å². The van der Waals surface area contributed by atoms with Crippen LogP contribution in [0.1, 0.15) is 44.9 Å². The third kappa shape index (κ3) is 2.39. The molecule has 108 valence electrons. The SMILES string of the molecule is NC1(C(=O)O)CCC(N2CCOC3CCCCC32)C1. The predicted octanol–water partition coefficient (Wildman–Crippen LogP) is 0.964. The highest BCUT2D eigenvalue weighted by Crippen LogP contribution is 2.37. The molecule has 3 aliphatic rings. The quantitative estimate of drug-likeness (QED) is 0.780. The van der Waals surface area contributed by atoms with Crippen molar-refractivity contribution in [1.29, 1.82) is 0 Å². The number of ether oxygens (including phenoxy) is 1. The molecule has 4 atom stereocenters. The maximum Gasteiger partial charge on any atom is 0.323 e. The van der Waals surface area contributed by atoms with E-state index in [1.807, 2.05) is 0 Å². The number of nitrogens with zero attached hydrogens (tertiary/aromatic N) is 1. The average molecular weight is 268 g/mol. The second-order valence-corrected chi connectivity index (χ2v) is 6.36. The minimum Gasteiger partial charge on any atom is -0.480 e. The molecule has 5 heteroatoms. The van der Waals surface area contributed by atoms with Crippen LogP contribution in [-0.2, 0) is 9.53 Å². The fourth-order valence-corrected chi connectivity index (χ4v) is 4.11. The van der Waals surface area contributed by atoms with Crippen molar-refractivity contribution in [3.63, 3.8) is 0 Å². The van der Waals surface area contributed by atoms with E-state index in [1.165, 1.54) is 19.3 Å². The smallest absolute Gasteiger partial charge is 0.323 e. The molecular formula is C14H24N2O3. The largest absolute Gasteiger partial charge is 0.480 e. The summed E-state index contributed by atoms with van der Waals surface area (Å²) in [6.45, 7) is 1.71. The fraction of sp³-hybridized carbons (Fsp3) is 0.929. The van der Waals surface area contributed by atoms with Gasteiger partial charge in [0.2, 0.25) is 0 Å². The van der Waals surface area contributed by atoms with E-state index in [4.69, 9.17) is 10.5 Å². The van der Waals surface area contributed by atoms with E-state index >= 15 is 0 Å². The van der Waals surface area contributed by atoms with Crippen LogP contribution in [0.2, 0.25) is 0 Å². The van der Waals surface area contributed by atoms with Gasteiger partial charge >= 0.3 is 5.97 Å². The van der Waals surface area contributed by atoms with E-state index in [0.29, 0.717) is 31.0 Å². The van der Waals surface area contributed by atoms with Gasteiger partial charge in [0.05, 0.1) is 12.7 Å². The van der Waals surface area contributed by atoms with Gasteiger partial charge in [-0.1, -0.05) is 12.8 Å². The number of carboxylic acid groups (broad SMARTS) is 1. The lowest BCUT2D eigenvalue weighted by Crippen LogP contribution is -2.56. The number of rotatable bonds is 2. The maximum atomic E-state index is 11.3. The summed E-state index contributed by atoms with van der Waals surface area (Å²) in [7, 11) is 0. The summed E-state index contributed by atoms with van der Waals surface area (Å²) >= 11 is 0. The number of carbonyl (C=O) groups is 1. The second-order valence-electron chi connectivity index (χ2n) is 6.36. The molecule has 1 heterocycles. The number of morpholine rings is 1. The molecule has 2 aliphatic carbocycles. The Bertz CT molecular complexity index is 361. The van der Waals surface area contributed by atoms with Crippen LogP contribution in [0.5, 0.6) is 0 Å². The van der Waals surface area contributed by atoms with Crippen molar-refractivity contribution >= 4 is 5.97 Å². The Morgan fingerprint density at radius 3 is 2.84 bits per heavy atom. The van der Waals surface area contributed by atoms with E-state index in [-0.39, 0.29) is 0 Å². The molecule has 3 fully saturated rings. The predicted molar refractivity (Wildman–Crippen MR) is 70.9 cm³/mol. The first-order valence-corrected chi connectivity index (χ1v) is 7.50. The molecule has 0 aromatic carbocycles. The minimum atomic E-state index is -1.01. The van der Waals surface area contributed by atoms with Crippen molar-refractivity contribution in [2.45, 2.75) is 68.7 Å². The first-order chi connectivity index (χ1) is 9.10. The first-order valence-electron chi connectivity index (χ1n) is 7.50. The Hall–Kier alpha value is -0.650. The van der Waals surface area contributed by atoms with Gasteiger partial charge in [0.25, 0.3) is 0 Å². The number of nitrogens with two attached hydrogens (primary N) is 1. The summed E-state index contributed by atoms with van der Waals surface area (Å²) in [6.07, 6.45) is 7.32. The molecule has 0 bridgehead atoms. The van der Waals surface area contributed by atoms with Gasteiger partial charge in [0.15, 0.2) is 0 Å². The van der Waals surface area contributed by atoms with Crippen LogP contribution in [0.4, 0.5) is 0 Å². The standard InChI is InChI=1S/C14H24N2O3/c15-14(13(17)18)6-5-10(9-14)16-7-8-19-12-4-2-1-3-11(12)16/h10-12H,1-9,15H2,(H,17,18). The Labute approximate surface area is 114 Å². The normalized spacial score (nSPS) is 43.9. The zero-order chi connectivity index (χ0) is 13.5. The lowest BCUT2D eigenvalue weighted by molar-refractivity contribution is -0.143. The minimum absolute atomic E-state index is 0.329. The molecular weight excluding hydrogens is 244 g/mol. The average Bonchev–Trinajstić information content (AvgIpc) is 2.82. The van der Waals surface area contributed by atoms with Crippen LogP contribution in [0.15, 0.2) is 0 Å². The van der Waals surface area contributed by atoms with Crippen LogP contribution in [0.25, 0.3) is 0 Å². The molecule has 0 radical (unpaired) electrons. The van der Waals surface area contributed by atoms with Gasteiger partial charge < -0.3 is 15.6 Å². The van der Waals surface area contributed by atoms with Crippen LogP contribution in [0.3, 0.4) is 0 Å². The van der Waals surface area contributed by atoms with Crippen LogP contribution in [0, 0.1) is 0 Å². The molecule has 0 aromatic heterocycles. The summed E-state index contributed by atoms with van der Waals surface area (Å²) in [5, 5.41) is 9.25. The highest BCUT2D eigenvalue weighted by atomic mass is 16.5. The zero-order valence-corrected chi connectivity index (χ0v) is 11.4. The molecule has 2 saturated carbocycles. The first kappa shape index (κ1) is 13.3. The van der Waals surface area contributed by atoms with Crippen LogP contribution < -0.4 is 5.73 Å². The Balaban J connectivity index is 1.70. The number of hydrogen-bond donors (Lipinski definition) is 2. The number of hydrogen-bond acceptors (Lipinski definition) is 4. The van der Waals surface area contributed by atoms with Gasteiger partial charge in [-0.2, -0.15) is 0 Å². The van der Waals surface area contributed by atoms with Gasteiger partial charge in [-0.3, -0.25) is 9.69 Å². The lowest BCUT2D eigenvalue weighted by atomic mass is 9.88. The second kappa shape index (κ2) is 5.04. The highest BCUT2D eigenvalue weighted by Gasteiger charge is 2.47. The summed E-state index contributed by atoms with van der Waals surface area (Å²) in [4.78, 5) is 13.8. The Kier molecular flexibility index (Phi) is 3.53. The Morgan fingerprint density at radius 1 is 1.32 bits per heavy atom. The molecule has 1 aliphatic heterocycles. The zero-order valence-electron chi connectivity index (χ0n) is 11.4. The summed E-state index contributed by atoms with van der Waals surface area (Å²) in [5.74, 6) is -0.844. The third-order valence-electron chi connectivity index (χ3n) is 5.19.